The number of rotatable bonds is 6. The molecule has 1 aliphatic rings. The first-order valence-electron chi connectivity index (χ1n) is 8.38. The van der Waals surface area contributed by atoms with Crippen LogP contribution in [0, 0.1) is 26.1 Å². The van der Waals surface area contributed by atoms with Crippen molar-refractivity contribution in [3.63, 3.8) is 0 Å². The van der Waals surface area contributed by atoms with Crippen LogP contribution in [0.15, 0.2) is 60.2 Å². The second kappa shape index (κ2) is 7.67. The molecule has 0 saturated heterocycles. The van der Waals surface area contributed by atoms with Crippen molar-refractivity contribution >= 4 is 17.2 Å². The largest absolute Gasteiger partial charge is 0.388 e. The molecule has 9 heteroatoms. The first-order valence-corrected chi connectivity index (χ1v) is 8.38. The zero-order valence-electron chi connectivity index (χ0n) is 14.5. The molecule has 0 saturated carbocycles. The zero-order valence-corrected chi connectivity index (χ0v) is 14.5. The van der Waals surface area contributed by atoms with Gasteiger partial charge in [-0.15, -0.1) is 0 Å². The van der Waals surface area contributed by atoms with Crippen molar-refractivity contribution < 1.29 is 24.9 Å². The molecule has 3 rings (SSSR count). The van der Waals surface area contributed by atoms with Gasteiger partial charge in [0.1, 0.15) is 6.10 Å². The van der Waals surface area contributed by atoms with Gasteiger partial charge in [0.05, 0.1) is 21.9 Å². The normalized spacial score (nSPS) is 18.4. The highest BCUT2D eigenvalue weighted by molar-refractivity contribution is 6.01. The summed E-state index contributed by atoms with van der Waals surface area (Å²) in [5.74, 6) is -1.25. The molecule has 0 bridgehead atoms. The number of benzene rings is 2. The summed E-state index contributed by atoms with van der Waals surface area (Å²) < 4.78 is 0. The molecule has 0 spiro atoms. The number of Topliss-reactive ketones (excluding diaryl/α,β-unsaturated/α-hetero) is 1. The predicted molar refractivity (Wildman–Crippen MR) is 97.3 cm³/mol. The fourth-order valence-electron chi connectivity index (χ4n) is 3.18. The van der Waals surface area contributed by atoms with Crippen LogP contribution in [0.1, 0.15) is 29.8 Å². The SMILES string of the molecule is O=C1C([C@@H](O)c2ccc([N+](=O)[O-])cc2)=CCC1[C@H](O)c1ccc([N+](=O)[O-])cc1. The lowest BCUT2D eigenvalue weighted by atomic mass is 9.90. The second-order valence-corrected chi connectivity index (χ2v) is 6.41. The fourth-order valence-corrected chi connectivity index (χ4v) is 3.18. The summed E-state index contributed by atoms with van der Waals surface area (Å²) in [4.78, 5) is 33.0. The molecule has 0 aliphatic heterocycles. The number of hydrogen-bond acceptors (Lipinski definition) is 7. The lowest BCUT2D eigenvalue weighted by Gasteiger charge is -2.19. The van der Waals surface area contributed by atoms with E-state index in [1.54, 1.807) is 0 Å². The minimum absolute atomic E-state index is 0.111. The molecule has 2 N–H and O–H groups in total. The minimum atomic E-state index is -1.26. The molecule has 1 unspecified atom stereocenters. The van der Waals surface area contributed by atoms with Crippen molar-refractivity contribution in [1.29, 1.82) is 0 Å². The molecule has 0 aromatic heterocycles. The molecule has 3 atom stereocenters. The van der Waals surface area contributed by atoms with Gasteiger partial charge in [-0.3, -0.25) is 25.0 Å². The third kappa shape index (κ3) is 3.66. The van der Waals surface area contributed by atoms with E-state index in [2.05, 4.69) is 0 Å². The van der Waals surface area contributed by atoms with E-state index in [0.717, 1.165) is 0 Å². The Kier molecular flexibility index (Phi) is 5.30. The van der Waals surface area contributed by atoms with E-state index in [-0.39, 0.29) is 23.4 Å². The number of aliphatic hydroxyl groups is 2. The summed E-state index contributed by atoms with van der Waals surface area (Å²) in [6.45, 7) is 0. The number of ketones is 1. The van der Waals surface area contributed by atoms with Crippen LogP contribution in [-0.4, -0.2) is 25.8 Å². The molecule has 2 aromatic carbocycles. The highest BCUT2D eigenvalue weighted by Gasteiger charge is 2.37. The van der Waals surface area contributed by atoms with Crippen LogP contribution >= 0.6 is 0 Å². The molecular weight excluding hydrogens is 368 g/mol. The van der Waals surface area contributed by atoms with Crippen molar-refractivity contribution in [3.8, 4) is 0 Å². The second-order valence-electron chi connectivity index (χ2n) is 6.41. The van der Waals surface area contributed by atoms with Crippen LogP contribution in [0.3, 0.4) is 0 Å². The van der Waals surface area contributed by atoms with Crippen molar-refractivity contribution in [2.45, 2.75) is 18.6 Å². The van der Waals surface area contributed by atoms with Gasteiger partial charge in [0.15, 0.2) is 5.78 Å². The average molecular weight is 384 g/mol. The summed E-state index contributed by atoms with van der Waals surface area (Å²) in [7, 11) is 0. The Morgan fingerprint density at radius 1 is 0.857 bits per heavy atom. The van der Waals surface area contributed by atoms with Gasteiger partial charge < -0.3 is 10.2 Å². The van der Waals surface area contributed by atoms with Crippen LogP contribution < -0.4 is 0 Å². The number of nitro benzene ring substituents is 2. The first-order chi connectivity index (χ1) is 13.3. The van der Waals surface area contributed by atoms with Gasteiger partial charge >= 0.3 is 0 Å². The maximum atomic E-state index is 12.7. The highest BCUT2D eigenvalue weighted by Crippen LogP contribution is 2.38. The average Bonchev–Trinajstić information content (AvgIpc) is 3.08. The van der Waals surface area contributed by atoms with Gasteiger partial charge in [-0.05, 0) is 41.8 Å². The third-order valence-electron chi connectivity index (χ3n) is 4.75. The Morgan fingerprint density at radius 2 is 1.32 bits per heavy atom. The van der Waals surface area contributed by atoms with Crippen LogP contribution in [0.25, 0.3) is 0 Å². The Morgan fingerprint density at radius 3 is 1.79 bits per heavy atom. The Labute approximate surface area is 158 Å². The smallest absolute Gasteiger partial charge is 0.269 e. The van der Waals surface area contributed by atoms with Crippen molar-refractivity contribution in [2.75, 3.05) is 0 Å². The van der Waals surface area contributed by atoms with Gasteiger partial charge in [0, 0.05) is 29.8 Å². The van der Waals surface area contributed by atoms with Crippen LogP contribution in [0.5, 0.6) is 0 Å². The van der Waals surface area contributed by atoms with Crippen molar-refractivity contribution in [3.05, 3.63) is 91.5 Å². The van der Waals surface area contributed by atoms with Crippen molar-refractivity contribution in [2.24, 2.45) is 5.92 Å². The van der Waals surface area contributed by atoms with Crippen LogP contribution in [0.4, 0.5) is 11.4 Å². The number of non-ortho nitro benzene ring substituents is 2. The van der Waals surface area contributed by atoms with E-state index in [9.17, 15) is 35.2 Å². The first kappa shape index (κ1) is 19.3. The van der Waals surface area contributed by atoms with Crippen LogP contribution in [-0.2, 0) is 4.79 Å². The number of nitrogens with zero attached hydrogens (tertiary/aromatic N) is 2. The predicted octanol–water partition coefficient (Wildman–Crippen LogP) is 2.79. The van der Waals surface area contributed by atoms with Gasteiger partial charge in [-0.2, -0.15) is 0 Å². The van der Waals surface area contributed by atoms with E-state index in [1.165, 1.54) is 54.6 Å². The van der Waals surface area contributed by atoms with E-state index in [0.29, 0.717) is 11.1 Å². The fraction of sp³-hybridized carbons (Fsp3) is 0.211. The molecular formula is C19H16N2O7. The summed E-state index contributed by atoms with van der Waals surface area (Å²) in [6.07, 6.45) is -0.696. The van der Waals surface area contributed by atoms with Crippen molar-refractivity contribution in [1.82, 2.24) is 0 Å². The highest BCUT2D eigenvalue weighted by atomic mass is 16.6. The van der Waals surface area contributed by atoms with E-state index >= 15 is 0 Å². The minimum Gasteiger partial charge on any atom is -0.388 e. The molecule has 144 valence electrons. The zero-order chi connectivity index (χ0) is 20.4. The number of allylic oxidation sites excluding steroid dienone is 1. The molecule has 0 heterocycles. The Hall–Kier alpha value is -3.43. The molecule has 2 aromatic rings. The maximum Gasteiger partial charge on any atom is 0.269 e. The van der Waals surface area contributed by atoms with E-state index in [4.69, 9.17) is 0 Å². The van der Waals surface area contributed by atoms with Gasteiger partial charge in [0.2, 0.25) is 0 Å². The number of nitro groups is 2. The van der Waals surface area contributed by atoms with Gasteiger partial charge in [-0.1, -0.05) is 6.08 Å². The lowest BCUT2D eigenvalue weighted by Crippen LogP contribution is -2.21. The Balaban J connectivity index is 1.74. The summed E-state index contributed by atoms with van der Waals surface area (Å²) >= 11 is 0. The number of aliphatic hydroxyl groups excluding tert-OH is 2. The number of carbonyl (C=O) groups is 1. The molecule has 1 aliphatic carbocycles. The summed E-state index contributed by atoms with van der Waals surface area (Å²) in [5.41, 5.74) is 0.550. The van der Waals surface area contributed by atoms with E-state index < -0.39 is 33.8 Å². The third-order valence-corrected chi connectivity index (χ3v) is 4.75. The quantitative estimate of drug-likeness (QED) is 0.575. The number of hydrogen-bond donors (Lipinski definition) is 2. The monoisotopic (exact) mass is 384 g/mol. The molecule has 0 fully saturated rings. The van der Waals surface area contributed by atoms with Gasteiger partial charge in [-0.25, -0.2) is 0 Å². The lowest BCUT2D eigenvalue weighted by molar-refractivity contribution is -0.385. The van der Waals surface area contributed by atoms with E-state index in [1.807, 2.05) is 0 Å². The van der Waals surface area contributed by atoms with Crippen LogP contribution in [0.2, 0.25) is 0 Å². The molecule has 0 radical (unpaired) electrons. The molecule has 9 nitrogen and oxygen atoms in total. The summed E-state index contributed by atoms with van der Waals surface area (Å²) in [6, 6.07) is 10.5. The molecule has 0 amide bonds. The number of carbonyl (C=O) groups excluding carboxylic acids is 1. The van der Waals surface area contributed by atoms with Gasteiger partial charge in [0.25, 0.3) is 11.4 Å². The molecule has 28 heavy (non-hydrogen) atoms. The summed E-state index contributed by atoms with van der Waals surface area (Å²) in [5, 5.41) is 42.4. The topological polar surface area (TPSA) is 144 Å². The maximum absolute atomic E-state index is 12.7. The Bertz CT molecular complexity index is 951. The standard InChI is InChI=1S/C19H16N2O7/c22-17(11-1-5-13(6-2-11)20(25)26)15-9-10-16(19(15)24)18(23)12-3-7-14(8-4-12)21(27)28/h1-9,16-18,22-23H,10H2/t16?,17-,18+/m0/s1.